The van der Waals surface area contributed by atoms with Crippen LogP contribution in [0.2, 0.25) is 0 Å². The Labute approximate surface area is 474 Å². The van der Waals surface area contributed by atoms with E-state index in [0.29, 0.717) is 41.5 Å². The van der Waals surface area contributed by atoms with Gasteiger partial charge in [0.2, 0.25) is 23.4 Å². The average molecular weight is 1140 g/mol. The third kappa shape index (κ3) is 10.4. The maximum Gasteiger partial charge on any atom is 0.493 e. The summed E-state index contributed by atoms with van der Waals surface area (Å²) in [5, 5.41) is 3.06. The van der Waals surface area contributed by atoms with Gasteiger partial charge in [0, 0.05) is 44.3 Å². The van der Waals surface area contributed by atoms with Gasteiger partial charge in [-0.25, -0.2) is 48.3 Å². The van der Waals surface area contributed by atoms with E-state index in [1.165, 1.54) is 51.6 Å². The smallest absolute Gasteiger partial charge is 0.486 e. The summed E-state index contributed by atoms with van der Waals surface area (Å²) in [5.41, 5.74) is 18.1. The number of halogens is 3. The molecule has 1 saturated heterocycles. The van der Waals surface area contributed by atoms with E-state index in [-0.39, 0.29) is 17.0 Å². The second-order valence-corrected chi connectivity index (χ2v) is 23.7. The average Bonchev–Trinajstić information content (AvgIpc) is 3.88. The van der Waals surface area contributed by atoms with Crippen molar-refractivity contribution >= 4 is 51.8 Å². The molecule has 13 rings (SSSR count). The summed E-state index contributed by atoms with van der Waals surface area (Å²) < 4.78 is 53.7. The van der Waals surface area contributed by atoms with E-state index < -0.39 is 47.0 Å². The minimum Gasteiger partial charge on any atom is -0.486 e. The molecule has 18 heteroatoms. The fraction of sp³-hybridized carbons (Fsp3) is 0.355. The first kappa shape index (κ1) is 54.6. The van der Waals surface area contributed by atoms with Gasteiger partial charge in [0.05, 0.1) is 35.5 Å². The van der Waals surface area contributed by atoms with Crippen LogP contribution in [0.15, 0.2) is 136 Å². The van der Waals surface area contributed by atoms with Gasteiger partial charge in [0.15, 0.2) is 11.4 Å². The van der Waals surface area contributed by atoms with Gasteiger partial charge < -0.3 is 30.2 Å². The predicted molar refractivity (Wildman–Crippen MR) is 307 cm³/mol. The molecule has 2 aliphatic carbocycles. The van der Waals surface area contributed by atoms with Gasteiger partial charge in [0.1, 0.15) is 34.3 Å². The van der Waals surface area contributed by atoms with E-state index in [1.807, 2.05) is 64.1 Å². The minimum atomic E-state index is -1.04. The molecule has 410 valence electrons. The Morgan fingerprint density at radius 1 is 0.588 bits per heavy atom. The Hall–Kier alpha value is -7.32. The first-order chi connectivity index (χ1) is 38.1. The minimum absolute atomic E-state index is 0.249. The molecular weight excluding hydrogens is 1080 g/mol. The number of hydrogen-bond donors (Lipinski definition) is 2. The number of guanidine groups is 2. The molecule has 0 amide bonds. The molecular formula is C62H62BBrF2N8O6. The zero-order chi connectivity index (χ0) is 56.4. The molecule has 6 aromatic carbocycles. The van der Waals surface area contributed by atoms with Gasteiger partial charge in [-0.05, 0) is 166 Å². The summed E-state index contributed by atoms with van der Waals surface area (Å²) in [7, 11) is 2.91. The summed E-state index contributed by atoms with van der Waals surface area (Å²) in [4.78, 5) is 28.8. The number of benzene rings is 6. The molecule has 6 aromatic rings. The highest BCUT2D eigenvalue weighted by molar-refractivity contribution is 9.10. The van der Waals surface area contributed by atoms with E-state index in [4.69, 9.17) is 63.1 Å². The molecule has 1 fully saturated rings. The van der Waals surface area contributed by atoms with Gasteiger partial charge in [-0.3, -0.25) is 0 Å². The molecule has 0 radical (unpaired) electrons. The summed E-state index contributed by atoms with van der Waals surface area (Å²) in [6.07, 6.45) is 8.74. The van der Waals surface area contributed by atoms with Gasteiger partial charge >= 0.3 is 7.12 Å². The lowest BCUT2D eigenvalue weighted by molar-refractivity contribution is -0.205. The second kappa shape index (κ2) is 20.7. The van der Waals surface area contributed by atoms with E-state index in [1.54, 1.807) is 31.3 Å². The van der Waals surface area contributed by atoms with Crippen molar-refractivity contribution < 1.29 is 37.2 Å². The fourth-order valence-corrected chi connectivity index (χ4v) is 12.5. The summed E-state index contributed by atoms with van der Waals surface area (Å²) in [6.45, 7) is 22.0. The number of hydrogen-bond acceptors (Lipinski definition) is 12. The lowest BCUT2D eigenvalue weighted by atomic mass is 9.78. The summed E-state index contributed by atoms with van der Waals surface area (Å²) >= 11 is 3.57. The molecule has 4 atom stereocenters. The monoisotopic (exact) mass is 1140 g/mol. The normalized spacial score (nSPS) is 25.4. The first-order valence-corrected chi connectivity index (χ1v) is 27.7. The van der Waals surface area contributed by atoms with Crippen LogP contribution in [0.3, 0.4) is 0 Å². The number of nitrogens with zero attached hydrogens (tertiary/aromatic N) is 6. The largest absolute Gasteiger partial charge is 0.493 e. The molecule has 0 bridgehead atoms. The second-order valence-electron chi connectivity index (χ2n) is 22.8. The molecule has 80 heavy (non-hydrogen) atoms. The van der Waals surface area contributed by atoms with Crippen LogP contribution in [0.1, 0.15) is 99.6 Å². The van der Waals surface area contributed by atoms with Crippen LogP contribution >= 0.6 is 15.9 Å². The summed E-state index contributed by atoms with van der Waals surface area (Å²) in [5.74, 6) is 1.31. The lowest BCUT2D eigenvalue weighted by Crippen LogP contribution is -2.49. The number of fused-ring (bicyclic) bond motifs is 6. The number of rotatable bonds is 2. The van der Waals surface area contributed by atoms with Crippen LogP contribution in [0.4, 0.5) is 20.2 Å². The summed E-state index contributed by atoms with van der Waals surface area (Å²) in [6, 6.07) is 37.4. The van der Waals surface area contributed by atoms with Crippen molar-refractivity contribution in [3.63, 3.8) is 0 Å². The van der Waals surface area contributed by atoms with Crippen LogP contribution in [0.5, 0.6) is 11.5 Å². The third-order valence-corrected chi connectivity index (χ3v) is 17.2. The van der Waals surface area contributed by atoms with Crippen molar-refractivity contribution in [3.8, 4) is 22.6 Å². The molecule has 7 aliphatic rings. The molecule has 5 aliphatic heterocycles. The highest BCUT2D eigenvalue weighted by Crippen LogP contribution is 2.55. The molecule has 5 heterocycles. The third-order valence-electron chi connectivity index (χ3n) is 16.7. The number of aryl methyl sites for hydroxylation is 2. The van der Waals surface area contributed by atoms with Crippen molar-refractivity contribution in [2.24, 2.45) is 21.5 Å². The Balaban J connectivity index is 0.000000134. The fourth-order valence-electron chi connectivity index (χ4n) is 12.1. The maximum absolute atomic E-state index is 14.2. The van der Waals surface area contributed by atoms with E-state index in [2.05, 4.69) is 74.2 Å². The van der Waals surface area contributed by atoms with E-state index in [9.17, 15) is 8.78 Å². The quantitative estimate of drug-likeness (QED) is 0.127. The van der Waals surface area contributed by atoms with Gasteiger partial charge in [-0.2, -0.15) is 0 Å². The van der Waals surface area contributed by atoms with Crippen LogP contribution in [-0.2, 0) is 56.1 Å². The standard InChI is InChI=1S/C28H25FN4O2.C21H22BrN3O2.C13H15BFNO2/c1-31-23-13-21(12-22(29)15-23)19-9-10-25-24(14-19)28(32-26(30)33(2)35-28)17-27(34-25)11-5-8-18-6-3-4-7-20(18)16-27;1-25-19(23)24-21(27-25)13-20(26-18-9-8-16(22)11-17(18)21)10-4-7-14-5-2-3-6-15(14)12-20;1-12(2)13(3,4)18-14(17-12)9-6-10(15)8-11(7-9)16-5/h3-4,6-7,9-10,12-15H,5,8,11,16-17H2,2H3,(H2,30,32);2-3,5-6,8-9,11H,4,7,10,12-13H2,1H3,(H2,23,24);6-8H,1-4H3. The highest BCUT2D eigenvalue weighted by Gasteiger charge is 2.57. The van der Waals surface area contributed by atoms with Crippen molar-refractivity contribution in [2.45, 2.75) is 126 Å². The Morgan fingerprint density at radius 3 is 1.56 bits per heavy atom. The van der Waals surface area contributed by atoms with Crippen LogP contribution < -0.4 is 26.4 Å². The molecule has 4 unspecified atom stereocenters. The number of hydroxylamine groups is 4. The zero-order valence-corrected chi connectivity index (χ0v) is 47.2. The van der Waals surface area contributed by atoms with Gasteiger partial charge in [-0.15, -0.1) is 0 Å². The zero-order valence-electron chi connectivity index (χ0n) is 45.6. The first-order valence-electron chi connectivity index (χ1n) is 26.9. The van der Waals surface area contributed by atoms with Gasteiger partial charge in [-0.1, -0.05) is 76.6 Å². The maximum atomic E-state index is 14.2. The SMILES string of the molecule is CN1OC2(CC3(CCCc4ccccc4C3)Oc3ccc(Br)cc32)N=C1N.[C-]#[N+]c1cc(F)cc(-c2ccc3c(c2)C2(CC4(CCCc5ccccc5C4)O3)N=C(N)N(C)O2)c1.[C-]#[N+]c1cc(F)cc(B2OC(C)(C)C(C)(C)O2)c1. The van der Waals surface area contributed by atoms with E-state index in [0.717, 1.165) is 78.3 Å². The predicted octanol–water partition coefficient (Wildman–Crippen LogP) is 12.1. The van der Waals surface area contributed by atoms with Crippen LogP contribution in [0.25, 0.3) is 20.8 Å². The van der Waals surface area contributed by atoms with Crippen molar-refractivity contribution in [3.05, 3.63) is 194 Å². The molecule has 0 aromatic heterocycles. The molecule has 0 saturated carbocycles. The highest BCUT2D eigenvalue weighted by atomic mass is 79.9. The van der Waals surface area contributed by atoms with Crippen molar-refractivity contribution in [1.29, 1.82) is 0 Å². The van der Waals surface area contributed by atoms with E-state index >= 15 is 0 Å². The lowest BCUT2D eigenvalue weighted by Gasteiger charge is -2.45. The van der Waals surface area contributed by atoms with Crippen LogP contribution in [0, 0.1) is 24.8 Å². The number of nitrogens with two attached hydrogens (primary N) is 2. The number of aliphatic imine (C=N–C) groups is 2. The Kier molecular flexibility index (Phi) is 14.1. The van der Waals surface area contributed by atoms with Gasteiger partial charge in [0.25, 0.3) is 0 Å². The Bertz CT molecular complexity index is 3570. The molecule has 4 spiro atoms. The van der Waals surface area contributed by atoms with Crippen LogP contribution in [-0.4, -0.2) is 65.7 Å². The Morgan fingerprint density at radius 2 is 1.06 bits per heavy atom. The molecule has 14 nitrogen and oxygen atoms in total. The topological polar surface area (TPSA) is 147 Å². The molecule has 4 N–H and O–H groups in total. The van der Waals surface area contributed by atoms with Crippen molar-refractivity contribution in [1.82, 2.24) is 10.1 Å². The number of ether oxygens (including phenoxy) is 2. The van der Waals surface area contributed by atoms with Crippen molar-refractivity contribution in [2.75, 3.05) is 14.1 Å².